The number of hydrogen-bond acceptors (Lipinski definition) is 5. The second-order valence-electron chi connectivity index (χ2n) is 8.01. The molecule has 0 aliphatic rings. The highest BCUT2D eigenvalue weighted by Gasteiger charge is 2.24. The minimum Gasteiger partial charge on any atom is -0.298 e. The van der Waals surface area contributed by atoms with Crippen LogP contribution in [0.25, 0.3) is 10.2 Å². The van der Waals surface area contributed by atoms with Crippen LogP contribution in [0.5, 0.6) is 0 Å². The SMILES string of the molecule is CCCCN(CCCC)S(=O)(=O)c1ccc2nc(NC(=O)c3ccc(C)c(C)c3)sc2c1. The molecule has 0 saturated carbocycles. The summed E-state index contributed by atoms with van der Waals surface area (Å²) in [4.78, 5) is 17.4. The number of amides is 1. The predicted molar refractivity (Wildman–Crippen MR) is 132 cm³/mol. The van der Waals surface area contributed by atoms with Crippen molar-refractivity contribution in [3.05, 3.63) is 53.1 Å². The molecule has 8 heteroatoms. The highest BCUT2D eigenvalue weighted by Crippen LogP contribution is 2.30. The van der Waals surface area contributed by atoms with E-state index in [1.165, 1.54) is 11.3 Å². The number of anilines is 1. The number of carbonyl (C=O) groups is 1. The van der Waals surface area contributed by atoms with Crippen LogP contribution in [0.15, 0.2) is 41.3 Å². The van der Waals surface area contributed by atoms with E-state index in [0.29, 0.717) is 29.3 Å². The summed E-state index contributed by atoms with van der Waals surface area (Å²) >= 11 is 1.28. The van der Waals surface area contributed by atoms with Crippen LogP contribution in [0.2, 0.25) is 0 Å². The number of carbonyl (C=O) groups excluding carboxylic acids is 1. The number of unbranched alkanes of at least 4 members (excludes halogenated alkanes) is 2. The summed E-state index contributed by atoms with van der Waals surface area (Å²) in [5, 5.41) is 3.29. The van der Waals surface area contributed by atoms with Crippen molar-refractivity contribution < 1.29 is 13.2 Å². The van der Waals surface area contributed by atoms with Gasteiger partial charge in [-0.1, -0.05) is 44.1 Å². The van der Waals surface area contributed by atoms with Gasteiger partial charge in [0.05, 0.1) is 15.1 Å². The molecule has 2 aromatic carbocycles. The molecule has 172 valence electrons. The zero-order valence-corrected chi connectivity index (χ0v) is 20.8. The minimum absolute atomic E-state index is 0.231. The van der Waals surface area contributed by atoms with Crippen LogP contribution in [0.1, 0.15) is 61.0 Å². The number of fused-ring (bicyclic) bond motifs is 1. The van der Waals surface area contributed by atoms with Crippen molar-refractivity contribution in [2.45, 2.75) is 58.3 Å². The van der Waals surface area contributed by atoms with Crippen molar-refractivity contribution in [2.24, 2.45) is 0 Å². The second-order valence-corrected chi connectivity index (χ2v) is 11.0. The molecule has 0 spiro atoms. The third-order valence-corrected chi connectivity index (χ3v) is 8.34. The van der Waals surface area contributed by atoms with Crippen molar-refractivity contribution in [3.8, 4) is 0 Å². The number of nitrogens with zero attached hydrogens (tertiary/aromatic N) is 2. The van der Waals surface area contributed by atoms with Gasteiger partial charge in [-0.05, 0) is 68.1 Å². The molecular weight excluding hydrogens is 442 g/mol. The molecular formula is C24H31N3O3S2. The van der Waals surface area contributed by atoms with E-state index in [-0.39, 0.29) is 10.8 Å². The number of thiazole rings is 1. The number of rotatable bonds is 10. The van der Waals surface area contributed by atoms with Gasteiger partial charge in [-0.2, -0.15) is 4.31 Å². The van der Waals surface area contributed by atoms with E-state index in [1.54, 1.807) is 28.6 Å². The summed E-state index contributed by atoms with van der Waals surface area (Å²) in [6.45, 7) is 9.13. The number of hydrogen-bond donors (Lipinski definition) is 1. The number of sulfonamides is 1. The number of aryl methyl sites for hydroxylation is 2. The van der Waals surface area contributed by atoms with E-state index in [9.17, 15) is 13.2 Å². The molecule has 0 aliphatic carbocycles. The number of aromatic nitrogens is 1. The lowest BCUT2D eigenvalue weighted by atomic mass is 10.1. The maximum atomic E-state index is 13.3. The third kappa shape index (κ3) is 5.54. The Labute approximate surface area is 194 Å². The molecule has 1 heterocycles. The molecule has 0 aliphatic heterocycles. The molecule has 1 aromatic heterocycles. The smallest absolute Gasteiger partial charge is 0.257 e. The fourth-order valence-electron chi connectivity index (χ4n) is 3.34. The first-order valence-electron chi connectivity index (χ1n) is 11.1. The van der Waals surface area contributed by atoms with E-state index >= 15 is 0 Å². The Kier molecular flexibility index (Phi) is 8.03. The van der Waals surface area contributed by atoms with E-state index in [0.717, 1.165) is 41.5 Å². The monoisotopic (exact) mass is 473 g/mol. The summed E-state index contributed by atoms with van der Waals surface area (Å²) in [5.41, 5.74) is 3.41. The van der Waals surface area contributed by atoms with Gasteiger partial charge in [-0.25, -0.2) is 13.4 Å². The molecule has 0 bridgehead atoms. The fourth-order valence-corrected chi connectivity index (χ4v) is 5.86. The largest absolute Gasteiger partial charge is 0.298 e. The van der Waals surface area contributed by atoms with Gasteiger partial charge in [0.1, 0.15) is 0 Å². The van der Waals surface area contributed by atoms with Crippen LogP contribution in [0.3, 0.4) is 0 Å². The quantitative estimate of drug-likeness (QED) is 0.406. The van der Waals surface area contributed by atoms with E-state index < -0.39 is 10.0 Å². The van der Waals surface area contributed by atoms with E-state index in [4.69, 9.17) is 0 Å². The first-order chi connectivity index (χ1) is 15.3. The normalized spacial score (nSPS) is 11.9. The maximum absolute atomic E-state index is 13.3. The van der Waals surface area contributed by atoms with Gasteiger partial charge in [-0.3, -0.25) is 10.1 Å². The van der Waals surface area contributed by atoms with Crippen LogP contribution in [0.4, 0.5) is 5.13 Å². The maximum Gasteiger partial charge on any atom is 0.257 e. The molecule has 3 aromatic rings. The fraction of sp³-hybridized carbons (Fsp3) is 0.417. The highest BCUT2D eigenvalue weighted by molar-refractivity contribution is 7.89. The topological polar surface area (TPSA) is 79.4 Å². The van der Waals surface area contributed by atoms with Crippen LogP contribution in [-0.2, 0) is 10.0 Å². The molecule has 1 N–H and O–H groups in total. The Balaban J connectivity index is 1.84. The summed E-state index contributed by atoms with van der Waals surface area (Å²) in [5.74, 6) is -0.231. The Morgan fingerprint density at radius 2 is 1.69 bits per heavy atom. The van der Waals surface area contributed by atoms with Crippen LogP contribution in [-0.4, -0.2) is 36.7 Å². The Morgan fingerprint density at radius 3 is 2.31 bits per heavy atom. The summed E-state index contributed by atoms with van der Waals surface area (Å²) in [7, 11) is -3.58. The first-order valence-corrected chi connectivity index (χ1v) is 13.3. The van der Waals surface area contributed by atoms with Crippen molar-refractivity contribution in [2.75, 3.05) is 18.4 Å². The van der Waals surface area contributed by atoms with Gasteiger partial charge >= 0.3 is 0 Å². The van der Waals surface area contributed by atoms with Crippen molar-refractivity contribution in [3.63, 3.8) is 0 Å². The lowest BCUT2D eigenvalue weighted by Gasteiger charge is -2.21. The summed E-state index contributed by atoms with van der Waals surface area (Å²) in [6.07, 6.45) is 3.55. The lowest BCUT2D eigenvalue weighted by Crippen LogP contribution is -2.33. The average molecular weight is 474 g/mol. The van der Waals surface area contributed by atoms with Gasteiger partial charge in [-0.15, -0.1) is 0 Å². The second kappa shape index (κ2) is 10.6. The molecule has 6 nitrogen and oxygen atoms in total. The molecule has 1 amide bonds. The first kappa shape index (κ1) is 24.4. The minimum atomic E-state index is -3.58. The Bertz CT molecular complexity index is 1190. The third-order valence-electron chi connectivity index (χ3n) is 5.51. The summed E-state index contributed by atoms with van der Waals surface area (Å²) in [6, 6.07) is 10.5. The van der Waals surface area contributed by atoms with E-state index in [1.807, 2.05) is 26.0 Å². The Hall–Kier alpha value is -2.29. The standard InChI is InChI=1S/C24H31N3O3S2/c1-5-7-13-27(14-8-6-2)32(29,30)20-11-12-21-22(16-20)31-24(25-21)26-23(28)19-10-9-17(3)18(4)15-19/h9-12,15-16H,5-8,13-14H2,1-4H3,(H,25,26,28). The predicted octanol–water partition coefficient (Wildman–Crippen LogP) is 5.76. The molecule has 32 heavy (non-hydrogen) atoms. The van der Waals surface area contributed by atoms with Gasteiger partial charge < -0.3 is 0 Å². The van der Waals surface area contributed by atoms with Gasteiger partial charge in [0.15, 0.2) is 5.13 Å². The van der Waals surface area contributed by atoms with E-state index in [2.05, 4.69) is 24.1 Å². The summed E-state index contributed by atoms with van der Waals surface area (Å²) < 4.78 is 28.8. The Morgan fingerprint density at radius 1 is 1.00 bits per heavy atom. The van der Waals surface area contributed by atoms with Crippen LogP contribution < -0.4 is 5.32 Å². The molecule has 0 fully saturated rings. The van der Waals surface area contributed by atoms with Crippen LogP contribution >= 0.6 is 11.3 Å². The zero-order valence-electron chi connectivity index (χ0n) is 19.1. The molecule has 0 unspecified atom stereocenters. The molecule has 0 saturated heterocycles. The van der Waals surface area contributed by atoms with Gasteiger partial charge in [0, 0.05) is 18.7 Å². The molecule has 0 atom stereocenters. The highest BCUT2D eigenvalue weighted by atomic mass is 32.2. The lowest BCUT2D eigenvalue weighted by molar-refractivity contribution is 0.102. The van der Waals surface area contributed by atoms with Crippen molar-refractivity contribution in [1.82, 2.24) is 9.29 Å². The zero-order chi connectivity index (χ0) is 23.3. The molecule has 3 rings (SSSR count). The molecule has 0 radical (unpaired) electrons. The average Bonchev–Trinajstić information content (AvgIpc) is 3.16. The van der Waals surface area contributed by atoms with Crippen LogP contribution in [0, 0.1) is 13.8 Å². The van der Waals surface area contributed by atoms with Gasteiger partial charge in [0.25, 0.3) is 5.91 Å². The number of nitrogens with one attached hydrogen (secondary N) is 1. The van der Waals surface area contributed by atoms with Gasteiger partial charge in [0.2, 0.25) is 10.0 Å². The number of benzene rings is 2. The van der Waals surface area contributed by atoms with Crippen molar-refractivity contribution in [1.29, 1.82) is 0 Å². The van der Waals surface area contributed by atoms with Crippen molar-refractivity contribution >= 4 is 42.6 Å².